The van der Waals surface area contributed by atoms with Crippen LogP contribution in [-0.2, 0) is 9.59 Å². The Balaban J connectivity index is 1.81. The number of likely N-dealkylation sites (tertiary alicyclic amines) is 1. The summed E-state index contributed by atoms with van der Waals surface area (Å²) in [5.74, 6) is -2.45. The van der Waals surface area contributed by atoms with Crippen LogP contribution < -0.4 is 10.6 Å². The molecule has 23 heavy (non-hydrogen) atoms. The van der Waals surface area contributed by atoms with Crippen molar-refractivity contribution in [3.63, 3.8) is 0 Å². The lowest BCUT2D eigenvalue weighted by Crippen LogP contribution is -2.47. The molecule has 0 spiro atoms. The zero-order valence-electron chi connectivity index (χ0n) is 12.7. The number of benzene rings is 1. The first-order valence-electron chi connectivity index (χ1n) is 7.30. The summed E-state index contributed by atoms with van der Waals surface area (Å²) >= 11 is 5.65. The van der Waals surface area contributed by atoms with Crippen molar-refractivity contribution in [1.29, 1.82) is 0 Å². The van der Waals surface area contributed by atoms with Gasteiger partial charge in [-0.15, -0.1) is 0 Å². The maximum Gasteiger partial charge on any atom is 0.239 e. The number of piperidine rings is 1. The standard InChI is InChI=1S/C15H18ClF2N3O2/c1-9(22)21-4-2-11(3-5-21)20-14(23)8-19-13-7-10(16)6-12(17)15(13)18/h6-7,11,19H,2-5,8H2,1H3,(H,20,23). The van der Waals surface area contributed by atoms with Crippen LogP contribution in [-0.4, -0.2) is 42.4 Å². The van der Waals surface area contributed by atoms with E-state index in [0.717, 1.165) is 6.07 Å². The highest BCUT2D eigenvalue weighted by Crippen LogP contribution is 2.22. The van der Waals surface area contributed by atoms with Crippen LogP contribution in [0.25, 0.3) is 0 Å². The molecule has 1 aromatic rings. The fourth-order valence-electron chi connectivity index (χ4n) is 2.48. The van der Waals surface area contributed by atoms with Crippen LogP contribution >= 0.6 is 11.6 Å². The summed E-state index contributed by atoms with van der Waals surface area (Å²) in [6, 6.07) is 2.06. The molecule has 0 atom stereocenters. The molecule has 0 unspecified atom stereocenters. The first kappa shape index (κ1) is 17.5. The zero-order chi connectivity index (χ0) is 17.0. The average molecular weight is 346 g/mol. The van der Waals surface area contributed by atoms with Gasteiger partial charge in [0.15, 0.2) is 11.6 Å². The second kappa shape index (κ2) is 7.59. The fourth-order valence-corrected chi connectivity index (χ4v) is 2.68. The number of carbonyl (C=O) groups excluding carboxylic acids is 2. The number of amides is 2. The lowest BCUT2D eigenvalue weighted by atomic mass is 10.1. The van der Waals surface area contributed by atoms with E-state index in [1.807, 2.05) is 0 Å². The van der Waals surface area contributed by atoms with Crippen molar-refractivity contribution in [3.8, 4) is 0 Å². The van der Waals surface area contributed by atoms with Gasteiger partial charge in [0.2, 0.25) is 11.8 Å². The maximum absolute atomic E-state index is 13.5. The highest BCUT2D eigenvalue weighted by molar-refractivity contribution is 6.30. The van der Waals surface area contributed by atoms with E-state index in [0.29, 0.717) is 25.9 Å². The van der Waals surface area contributed by atoms with Gasteiger partial charge in [-0.2, -0.15) is 0 Å². The third-order valence-electron chi connectivity index (χ3n) is 3.74. The molecule has 0 bridgehead atoms. The number of hydrogen-bond acceptors (Lipinski definition) is 3. The van der Waals surface area contributed by atoms with Gasteiger partial charge < -0.3 is 15.5 Å². The van der Waals surface area contributed by atoms with Crippen LogP contribution in [0.1, 0.15) is 19.8 Å². The van der Waals surface area contributed by atoms with Gasteiger partial charge in [-0.05, 0) is 25.0 Å². The average Bonchev–Trinajstić information content (AvgIpc) is 2.50. The van der Waals surface area contributed by atoms with Gasteiger partial charge in [-0.1, -0.05) is 11.6 Å². The molecule has 0 saturated carbocycles. The third-order valence-corrected chi connectivity index (χ3v) is 3.96. The van der Waals surface area contributed by atoms with Crippen LogP contribution in [0.15, 0.2) is 12.1 Å². The van der Waals surface area contributed by atoms with Crippen LogP contribution in [0.2, 0.25) is 5.02 Å². The van der Waals surface area contributed by atoms with Crippen LogP contribution in [0.4, 0.5) is 14.5 Å². The summed E-state index contributed by atoms with van der Waals surface area (Å²) in [5, 5.41) is 5.39. The van der Waals surface area contributed by atoms with Crippen LogP contribution in [0, 0.1) is 11.6 Å². The van der Waals surface area contributed by atoms with Gasteiger partial charge >= 0.3 is 0 Å². The number of carbonyl (C=O) groups is 2. The number of halogens is 3. The third kappa shape index (κ3) is 4.79. The van der Waals surface area contributed by atoms with E-state index in [-0.39, 0.29) is 35.1 Å². The van der Waals surface area contributed by atoms with E-state index < -0.39 is 11.6 Å². The number of anilines is 1. The van der Waals surface area contributed by atoms with Crippen molar-refractivity contribution in [2.24, 2.45) is 0 Å². The van der Waals surface area contributed by atoms with E-state index >= 15 is 0 Å². The Morgan fingerprint density at radius 1 is 1.30 bits per heavy atom. The Bertz CT molecular complexity index is 605. The van der Waals surface area contributed by atoms with E-state index in [4.69, 9.17) is 11.6 Å². The van der Waals surface area contributed by atoms with E-state index in [1.165, 1.54) is 13.0 Å². The van der Waals surface area contributed by atoms with Gasteiger partial charge in [0.1, 0.15) is 0 Å². The second-order valence-electron chi connectivity index (χ2n) is 5.45. The summed E-state index contributed by atoms with van der Waals surface area (Å²) in [6.45, 7) is 2.52. The molecule has 2 N–H and O–H groups in total. The Morgan fingerprint density at radius 2 is 1.96 bits per heavy atom. The van der Waals surface area contributed by atoms with Gasteiger partial charge in [-0.3, -0.25) is 9.59 Å². The van der Waals surface area contributed by atoms with Crippen molar-refractivity contribution in [2.75, 3.05) is 25.0 Å². The normalized spacial score (nSPS) is 15.4. The molecule has 1 heterocycles. The number of nitrogens with zero attached hydrogens (tertiary/aromatic N) is 1. The smallest absolute Gasteiger partial charge is 0.239 e. The lowest BCUT2D eigenvalue weighted by Gasteiger charge is -2.31. The molecule has 0 aliphatic carbocycles. The summed E-state index contributed by atoms with van der Waals surface area (Å²) in [5.41, 5.74) is -0.156. The van der Waals surface area contributed by atoms with Crippen molar-refractivity contribution in [1.82, 2.24) is 10.2 Å². The minimum absolute atomic E-state index is 0.0231. The predicted octanol–water partition coefficient (Wildman–Crippen LogP) is 2.16. The lowest BCUT2D eigenvalue weighted by molar-refractivity contribution is -0.130. The minimum Gasteiger partial charge on any atom is -0.374 e. The predicted molar refractivity (Wildman–Crippen MR) is 83.3 cm³/mol. The quantitative estimate of drug-likeness (QED) is 0.822. The molecule has 1 aromatic carbocycles. The van der Waals surface area contributed by atoms with Gasteiger partial charge in [0.25, 0.3) is 0 Å². The van der Waals surface area contributed by atoms with Crippen molar-refractivity contribution in [2.45, 2.75) is 25.8 Å². The molecule has 126 valence electrons. The summed E-state index contributed by atoms with van der Waals surface area (Å²) in [6.07, 6.45) is 1.34. The molecule has 1 aliphatic heterocycles. The molecule has 5 nitrogen and oxygen atoms in total. The molecule has 1 fully saturated rings. The highest BCUT2D eigenvalue weighted by Gasteiger charge is 2.22. The first-order valence-corrected chi connectivity index (χ1v) is 7.68. The SMILES string of the molecule is CC(=O)N1CCC(NC(=O)CNc2cc(Cl)cc(F)c2F)CC1. The monoisotopic (exact) mass is 345 g/mol. The molecular weight excluding hydrogens is 328 g/mol. The zero-order valence-corrected chi connectivity index (χ0v) is 13.4. The summed E-state index contributed by atoms with van der Waals surface area (Å²) in [4.78, 5) is 24.8. The molecule has 1 aliphatic rings. The van der Waals surface area contributed by atoms with Crippen LogP contribution in [0.3, 0.4) is 0 Å². The van der Waals surface area contributed by atoms with E-state index in [1.54, 1.807) is 4.90 Å². The van der Waals surface area contributed by atoms with E-state index in [9.17, 15) is 18.4 Å². The van der Waals surface area contributed by atoms with Gasteiger partial charge in [0, 0.05) is 31.1 Å². The van der Waals surface area contributed by atoms with Crippen molar-refractivity contribution in [3.05, 3.63) is 28.8 Å². The molecule has 8 heteroatoms. The maximum atomic E-state index is 13.5. The first-order chi connectivity index (χ1) is 10.9. The summed E-state index contributed by atoms with van der Waals surface area (Å²) in [7, 11) is 0. The molecular formula is C15H18ClF2N3O2. The van der Waals surface area contributed by atoms with Crippen molar-refractivity contribution < 1.29 is 18.4 Å². The topological polar surface area (TPSA) is 61.4 Å². The minimum atomic E-state index is -1.07. The van der Waals surface area contributed by atoms with Gasteiger partial charge in [0.05, 0.1) is 12.2 Å². The Morgan fingerprint density at radius 3 is 2.57 bits per heavy atom. The highest BCUT2D eigenvalue weighted by atomic mass is 35.5. The Kier molecular flexibility index (Phi) is 5.76. The van der Waals surface area contributed by atoms with Crippen molar-refractivity contribution >= 4 is 29.1 Å². The summed E-state index contributed by atoms with van der Waals surface area (Å²) < 4.78 is 26.8. The molecule has 2 amide bonds. The van der Waals surface area contributed by atoms with Gasteiger partial charge in [-0.25, -0.2) is 8.78 Å². The molecule has 0 aromatic heterocycles. The number of nitrogens with one attached hydrogen (secondary N) is 2. The Hall–Kier alpha value is -1.89. The second-order valence-corrected chi connectivity index (χ2v) is 5.89. The molecule has 1 saturated heterocycles. The van der Waals surface area contributed by atoms with E-state index in [2.05, 4.69) is 10.6 Å². The molecule has 2 rings (SSSR count). The largest absolute Gasteiger partial charge is 0.374 e. The number of rotatable bonds is 4. The van der Waals surface area contributed by atoms with Crippen LogP contribution in [0.5, 0.6) is 0 Å². The number of hydrogen-bond donors (Lipinski definition) is 2. The Labute approximate surface area is 138 Å². The fraction of sp³-hybridized carbons (Fsp3) is 0.467. The molecule has 0 radical (unpaired) electrons.